The van der Waals surface area contributed by atoms with E-state index >= 15 is 0 Å². The summed E-state index contributed by atoms with van der Waals surface area (Å²) in [5.41, 5.74) is 6.41. The number of anilines is 2. The lowest BCUT2D eigenvalue weighted by Gasteiger charge is -2.16. The highest BCUT2D eigenvalue weighted by atomic mass is 32.2. The Morgan fingerprint density at radius 2 is 2.06 bits per heavy atom. The maximum absolute atomic E-state index is 11.2. The van der Waals surface area contributed by atoms with Crippen LogP contribution in [0, 0.1) is 0 Å². The normalized spacial score (nSPS) is 13.4. The third-order valence-corrected chi connectivity index (χ3v) is 3.23. The Hall–Kier alpha value is -1.31. The van der Waals surface area contributed by atoms with E-state index in [1.807, 2.05) is 6.92 Å². The van der Waals surface area contributed by atoms with E-state index in [2.05, 4.69) is 5.32 Å². The summed E-state index contributed by atoms with van der Waals surface area (Å²) in [5, 5.41) is 17.1. The molecule has 0 saturated heterocycles. The fourth-order valence-electron chi connectivity index (χ4n) is 1.38. The predicted molar refractivity (Wildman–Crippen MR) is 67.0 cm³/mol. The predicted octanol–water partition coefficient (Wildman–Crippen LogP) is 0.0990. The first-order valence-corrected chi connectivity index (χ1v) is 6.72. The minimum Gasteiger partial charge on any atom is -0.399 e. The largest absolute Gasteiger partial charge is 0.399 e. The molecule has 0 aliphatic heterocycles. The molecule has 0 radical (unpaired) electrons. The minimum absolute atomic E-state index is 0.0456. The fourth-order valence-corrected chi connectivity index (χ4v) is 1.97. The van der Waals surface area contributed by atoms with Gasteiger partial charge in [0.2, 0.25) is 10.0 Å². The molecule has 1 rings (SSSR count). The van der Waals surface area contributed by atoms with Crippen LogP contribution in [0.1, 0.15) is 13.3 Å². The van der Waals surface area contributed by atoms with E-state index in [1.54, 1.807) is 6.07 Å². The smallest absolute Gasteiger partial charge is 0.238 e. The number of nitrogen functional groups attached to an aromatic ring is 1. The molecule has 0 saturated carbocycles. The number of benzene rings is 1. The lowest BCUT2D eigenvalue weighted by atomic mass is 10.2. The summed E-state index contributed by atoms with van der Waals surface area (Å²) in [7, 11) is -3.78. The highest BCUT2D eigenvalue weighted by Crippen LogP contribution is 2.20. The van der Waals surface area contributed by atoms with Gasteiger partial charge in [0, 0.05) is 17.4 Å². The molecular formula is C10H17N3O3S. The third-order valence-electron chi connectivity index (χ3n) is 2.34. The van der Waals surface area contributed by atoms with Crippen LogP contribution in [0.25, 0.3) is 0 Å². The van der Waals surface area contributed by atoms with Crippen LogP contribution in [0.15, 0.2) is 23.1 Å². The van der Waals surface area contributed by atoms with Crippen molar-refractivity contribution >= 4 is 21.4 Å². The van der Waals surface area contributed by atoms with Gasteiger partial charge in [0.1, 0.15) is 0 Å². The van der Waals surface area contributed by atoms with Gasteiger partial charge in [0.15, 0.2) is 0 Å². The molecule has 0 aliphatic carbocycles. The first-order valence-electron chi connectivity index (χ1n) is 5.17. The summed E-state index contributed by atoms with van der Waals surface area (Å²) in [6, 6.07) is 4.13. The van der Waals surface area contributed by atoms with Gasteiger partial charge in [0.25, 0.3) is 0 Å². The minimum atomic E-state index is -3.78. The zero-order chi connectivity index (χ0) is 13.1. The molecule has 0 fully saturated rings. The van der Waals surface area contributed by atoms with E-state index in [-0.39, 0.29) is 17.5 Å². The Bertz CT molecular complexity index is 484. The zero-order valence-corrected chi connectivity index (χ0v) is 10.4. The van der Waals surface area contributed by atoms with Crippen LogP contribution < -0.4 is 16.2 Å². The summed E-state index contributed by atoms with van der Waals surface area (Å²) in [5.74, 6) is 0. The van der Waals surface area contributed by atoms with Gasteiger partial charge >= 0.3 is 0 Å². The number of sulfonamides is 1. The highest BCUT2D eigenvalue weighted by molar-refractivity contribution is 7.89. The molecule has 1 aromatic rings. The Labute approximate surface area is 101 Å². The van der Waals surface area contributed by atoms with E-state index in [0.29, 0.717) is 17.8 Å². The molecule has 1 aromatic carbocycles. The third kappa shape index (κ3) is 3.88. The summed E-state index contributed by atoms with van der Waals surface area (Å²) < 4.78 is 22.4. The molecule has 0 aliphatic rings. The first-order chi connectivity index (χ1) is 7.86. The van der Waals surface area contributed by atoms with Gasteiger partial charge in [0.05, 0.1) is 11.5 Å². The summed E-state index contributed by atoms with van der Waals surface area (Å²) in [6.07, 6.45) is 0.704. The molecule has 17 heavy (non-hydrogen) atoms. The molecule has 0 spiro atoms. The van der Waals surface area contributed by atoms with Gasteiger partial charge < -0.3 is 16.2 Å². The van der Waals surface area contributed by atoms with Crippen LogP contribution in [0.4, 0.5) is 11.4 Å². The molecule has 96 valence electrons. The van der Waals surface area contributed by atoms with E-state index < -0.39 is 10.0 Å². The van der Waals surface area contributed by atoms with Crippen molar-refractivity contribution in [2.24, 2.45) is 5.14 Å². The van der Waals surface area contributed by atoms with Crippen molar-refractivity contribution < 1.29 is 13.5 Å². The van der Waals surface area contributed by atoms with Crippen LogP contribution in [0.5, 0.6) is 0 Å². The number of aliphatic hydroxyl groups excluding tert-OH is 1. The number of hydrogen-bond acceptors (Lipinski definition) is 5. The molecule has 0 bridgehead atoms. The van der Waals surface area contributed by atoms with Crippen molar-refractivity contribution in [1.29, 1.82) is 0 Å². The second-order valence-electron chi connectivity index (χ2n) is 3.77. The second kappa shape index (κ2) is 5.35. The Kier molecular flexibility index (Phi) is 4.33. The molecule has 0 aromatic heterocycles. The summed E-state index contributed by atoms with van der Waals surface area (Å²) in [6.45, 7) is 1.86. The quantitative estimate of drug-likeness (QED) is 0.559. The lowest BCUT2D eigenvalue weighted by Crippen LogP contribution is -2.23. The average molecular weight is 259 g/mol. The SMILES string of the molecule is CCC(CO)Nc1cc(N)cc(S(N)(=O)=O)c1. The molecule has 6 nitrogen and oxygen atoms in total. The summed E-state index contributed by atoms with van der Waals surface area (Å²) >= 11 is 0. The summed E-state index contributed by atoms with van der Waals surface area (Å²) in [4.78, 5) is -0.0483. The Morgan fingerprint density at radius 1 is 1.41 bits per heavy atom. The topological polar surface area (TPSA) is 118 Å². The van der Waals surface area contributed by atoms with Crippen molar-refractivity contribution in [1.82, 2.24) is 0 Å². The number of hydrogen-bond donors (Lipinski definition) is 4. The van der Waals surface area contributed by atoms with Gasteiger partial charge in [-0.1, -0.05) is 6.92 Å². The molecule has 7 heteroatoms. The maximum atomic E-state index is 11.2. The molecule has 0 heterocycles. The van der Waals surface area contributed by atoms with Crippen molar-refractivity contribution in [3.05, 3.63) is 18.2 Å². The number of nitrogens with two attached hydrogens (primary N) is 2. The van der Waals surface area contributed by atoms with E-state index in [1.165, 1.54) is 12.1 Å². The van der Waals surface area contributed by atoms with Crippen LogP contribution in [0.2, 0.25) is 0 Å². The van der Waals surface area contributed by atoms with Crippen molar-refractivity contribution in [2.75, 3.05) is 17.7 Å². The Morgan fingerprint density at radius 3 is 2.53 bits per heavy atom. The number of primary sulfonamides is 1. The standard InChI is InChI=1S/C10H17N3O3S/c1-2-8(6-14)13-9-3-7(11)4-10(5-9)17(12,15)16/h3-5,8,13-14H,2,6,11H2,1H3,(H2,12,15,16). The molecule has 0 amide bonds. The van der Waals surface area contributed by atoms with Gasteiger partial charge in [-0.2, -0.15) is 0 Å². The number of nitrogens with one attached hydrogen (secondary N) is 1. The molecule has 1 atom stereocenters. The highest BCUT2D eigenvalue weighted by Gasteiger charge is 2.11. The molecule has 1 unspecified atom stereocenters. The lowest BCUT2D eigenvalue weighted by molar-refractivity contribution is 0.272. The number of aliphatic hydroxyl groups is 1. The van der Waals surface area contributed by atoms with E-state index in [0.717, 1.165) is 0 Å². The van der Waals surface area contributed by atoms with Crippen molar-refractivity contribution in [2.45, 2.75) is 24.3 Å². The van der Waals surface area contributed by atoms with Gasteiger partial charge in [-0.25, -0.2) is 13.6 Å². The van der Waals surface area contributed by atoms with Gasteiger partial charge in [-0.3, -0.25) is 0 Å². The number of rotatable bonds is 5. The van der Waals surface area contributed by atoms with Crippen LogP contribution in [0.3, 0.4) is 0 Å². The molecule has 6 N–H and O–H groups in total. The fraction of sp³-hybridized carbons (Fsp3) is 0.400. The van der Waals surface area contributed by atoms with Gasteiger partial charge in [-0.05, 0) is 24.6 Å². The zero-order valence-electron chi connectivity index (χ0n) is 9.55. The van der Waals surface area contributed by atoms with E-state index in [9.17, 15) is 8.42 Å². The second-order valence-corrected chi connectivity index (χ2v) is 5.33. The Balaban J connectivity index is 3.06. The van der Waals surface area contributed by atoms with Gasteiger partial charge in [-0.15, -0.1) is 0 Å². The average Bonchev–Trinajstić information content (AvgIpc) is 2.24. The van der Waals surface area contributed by atoms with Crippen LogP contribution in [-0.2, 0) is 10.0 Å². The van der Waals surface area contributed by atoms with Crippen molar-refractivity contribution in [3.63, 3.8) is 0 Å². The first kappa shape index (κ1) is 13.8. The van der Waals surface area contributed by atoms with Crippen LogP contribution in [-0.4, -0.2) is 26.2 Å². The monoisotopic (exact) mass is 259 g/mol. The van der Waals surface area contributed by atoms with E-state index in [4.69, 9.17) is 16.0 Å². The maximum Gasteiger partial charge on any atom is 0.238 e. The van der Waals surface area contributed by atoms with Crippen LogP contribution >= 0.6 is 0 Å². The van der Waals surface area contributed by atoms with Crippen molar-refractivity contribution in [3.8, 4) is 0 Å². The molecular weight excluding hydrogens is 242 g/mol.